The molecule has 1 heterocycles. The van der Waals surface area contributed by atoms with Crippen molar-refractivity contribution >= 4 is 15.8 Å². The van der Waals surface area contributed by atoms with Gasteiger partial charge in [0, 0.05) is 20.6 Å². The van der Waals surface area contributed by atoms with Crippen molar-refractivity contribution in [2.45, 2.75) is 0 Å². The molecule has 0 fully saturated rings. The highest BCUT2D eigenvalue weighted by Gasteiger charge is 2.14. The minimum absolute atomic E-state index is 0.0275. The number of sulfonamides is 1. The number of ether oxygens (including phenoxy) is 1. The normalized spacial score (nSPS) is 11.6. The highest BCUT2D eigenvalue weighted by Crippen LogP contribution is 2.13. The van der Waals surface area contributed by atoms with Crippen LogP contribution in [0.15, 0.2) is 11.1 Å². The fourth-order valence-corrected chi connectivity index (χ4v) is 1.91. The molecule has 0 bridgehead atoms. The predicted molar refractivity (Wildman–Crippen MR) is 67.4 cm³/mol. The summed E-state index contributed by atoms with van der Waals surface area (Å²) in [4.78, 5) is 17.6. The molecule has 1 aromatic rings. The molecule has 0 aliphatic rings. The number of aromatic amines is 1. The van der Waals surface area contributed by atoms with Crippen molar-refractivity contribution in [1.82, 2.24) is 14.3 Å². The van der Waals surface area contributed by atoms with E-state index in [1.807, 2.05) is 0 Å². The molecule has 0 aliphatic heterocycles. The summed E-state index contributed by atoms with van der Waals surface area (Å²) in [6, 6.07) is 0. The van der Waals surface area contributed by atoms with Crippen LogP contribution >= 0.6 is 0 Å². The minimum Gasteiger partial charge on any atom is -0.489 e. The van der Waals surface area contributed by atoms with Gasteiger partial charge in [0.05, 0.1) is 19.2 Å². The van der Waals surface area contributed by atoms with E-state index >= 15 is 0 Å². The van der Waals surface area contributed by atoms with Crippen LogP contribution in [-0.4, -0.2) is 56.2 Å². The lowest BCUT2D eigenvalue weighted by Crippen LogP contribution is -2.29. The largest absolute Gasteiger partial charge is 0.489 e. The van der Waals surface area contributed by atoms with Gasteiger partial charge < -0.3 is 15.0 Å². The van der Waals surface area contributed by atoms with Crippen LogP contribution < -0.4 is 15.6 Å². The van der Waals surface area contributed by atoms with Crippen molar-refractivity contribution in [3.63, 3.8) is 0 Å². The van der Waals surface area contributed by atoms with Crippen LogP contribution in [-0.2, 0) is 10.0 Å². The first-order valence-corrected chi connectivity index (χ1v) is 6.75. The standard InChI is InChI=1S/C9H16N4O4S/c1-13(2)18(15,16)5-4-10-8-7(17-3)9(14)12-6-11-8/h6H,4-5H2,1-3H3,(H2,10,11,12,14). The summed E-state index contributed by atoms with van der Waals surface area (Å²) in [5.41, 5.74) is -0.425. The van der Waals surface area contributed by atoms with Crippen LogP contribution in [0.1, 0.15) is 0 Å². The van der Waals surface area contributed by atoms with Crippen molar-refractivity contribution in [3.8, 4) is 5.75 Å². The Labute approximate surface area is 105 Å². The molecule has 2 N–H and O–H groups in total. The van der Waals surface area contributed by atoms with Crippen molar-refractivity contribution in [3.05, 3.63) is 16.7 Å². The van der Waals surface area contributed by atoms with Crippen LogP contribution in [0.3, 0.4) is 0 Å². The summed E-state index contributed by atoms with van der Waals surface area (Å²) in [5, 5.41) is 2.75. The summed E-state index contributed by atoms with van der Waals surface area (Å²) in [6.07, 6.45) is 1.22. The fraction of sp³-hybridized carbons (Fsp3) is 0.556. The van der Waals surface area contributed by atoms with Crippen molar-refractivity contribution in [2.24, 2.45) is 0 Å². The second kappa shape index (κ2) is 5.83. The maximum Gasteiger partial charge on any atom is 0.295 e. The molecule has 8 nitrogen and oxygen atoms in total. The first-order chi connectivity index (χ1) is 8.38. The number of anilines is 1. The zero-order valence-corrected chi connectivity index (χ0v) is 11.2. The molecule has 0 aromatic carbocycles. The van der Waals surface area contributed by atoms with Gasteiger partial charge in [-0.25, -0.2) is 17.7 Å². The predicted octanol–water partition coefficient (Wildman–Crippen LogP) is -0.918. The van der Waals surface area contributed by atoms with E-state index in [2.05, 4.69) is 15.3 Å². The summed E-state index contributed by atoms with van der Waals surface area (Å²) in [5.74, 6) is 0.146. The van der Waals surface area contributed by atoms with E-state index in [1.54, 1.807) is 0 Å². The average Bonchev–Trinajstić information content (AvgIpc) is 2.29. The molecule has 0 saturated carbocycles. The summed E-state index contributed by atoms with van der Waals surface area (Å²) < 4.78 is 29.0. The molecule has 0 atom stereocenters. The Morgan fingerprint density at radius 2 is 2.17 bits per heavy atom. The van der Waals surface area contributed by atoms with Gasteiger partial charge in [0.2, 0.25) is 15.8 Å². The molecule has 0 radical (unpaired) electrons. The number of H-pyrrole nitrogens is 1. The Morgan fingerprint density at radius 3 is 2.72 bits per heavy atom. The molecule has 0 unspecified atom stereocenters. The van der Waals surface area contributed by atoms with E-state index in [0.29, 0.717) is 0 Å². The van der Waals surface area contributed by atoms with Crippen LogP contribution in [0.2, 0.25) is 0 Å². The van der Waals surface area contributed by atoms with Gasteiger partial charge in [0.15, 0.2) is 5.82 Å². The number of nitrogens with one attached hydrogen (secondary N) is 2. The second-order valence-electron chi connectivity index (χ2n) is 3.64. The van der Waals surface area contributed by atoms with E-state index < -0.39 is 15.6 Å². The third kappa shape index (κ3) is 3.44. The molecule has 0 saturated heterocycles. The average molecular weight is 276 g/mol. The SMILES string of the molecule is COc1c(NCCS(=O)(=O)N(C)C)nc[nH]c1=O. The van der Waals surface area contributed by atoms with Gasteiger partial charge in [0.25, 0.3) is 5.56 Å². The molecule has 18 heavy (non-hydrogen) atoms. The Hall–Kier alpha value is -1.61. The van der Waals surface area contributed by atoms with Gasteiger partial charge in [-0.05, 0) is 0 Å². The maximum absolute atomic E-state index is 11.5. The highest BCUT2D eigenvalue weighted by molar-refractivity contribution is 7.89. The fourth-order valence-electron chi connectivity index (χ4n) is 1.18. The Kier molecular flexibility index (Phi) is 4.68. The number of methoxy groups -OCH3 is 1. The third-order valence-corrected chi connectivity index (χ3v) is 4.06. The monoisotopic (exact) mass is 276 g/mol. The second-order valence-corrected chi connectivity index (χ2v) is 5.94. The van der Waals surface area contributed by atoms with Crippen molar-refractivity contribution < 1.29 is 13.2 Å². The van der Waals surface area contributed by atoms with Crippen LogP contribution in [0, 0.1) is 0 Å². The summed E-state index contributed by atoms with van der Waals surface area (Å²) in [7, 11) is 0.979. The number of aromatic nitrogens is 2. The lowest BCUT2D eigenvalue weighted by Gasteiger charge is -2.12. The first kappa shape index (κ1) is 14.5. The zero-order valence-electron chi connectivity index (χ0n) is 10.4. The molecule has 0 spiro atoms. The molecule has 0 amide bonds. The lowest BCUT2D eigenvalue weighted by molar-refractivity contribution is 0.408. The Bertz CT molecular complexity index is 552. The lowest BCUT2D eigenvalue weighted by atomic mass is 10.5. The number of hydrogen-bond acceptors (Lipinski definition) is 6. The van der Waals surface area contributed by atoms with Crippen molar-refractivity contribution in [1.29, 1.82) is 0 Å². The number of rotatable bonds is 6. The summed E-state index contributed by atoms with van der Waals surface area (Å²) in [6.45, 7) is 0.132. The summed E-state index contributed by atoms with van der Waals surface area (Å²) >= 11 is 0. The van der Waals surface area contributed by atoms with E-state index in [4.69, 9.17) is 4.74 Å². The van der Waals surface area contributed by atoms with Crippen LogP contribution in [0.5, 0.6) is 5.75 Å². The van der Waals surface area contributed by atoms with Gasteiger partial charge in [-0.1, -0.05) is 0 Å². The van der Waals surface area contributed by atoms with Crippen molar-refractivity contribution in [2.75, 3.05) is 38.8 Å². The highest BCUT2D eigenvalue weighted by atomic mass is 32.2. The third-order valence-electron chi connectivity index (χ3n) is 2.22. The zero-order chi connectivity index (χ0) is 13.8. The van der Waals surface area contributed by atoms with Gasteiger partial charge in [-0.15, -0.1) is 0 Å². The van der Waals surface area contributed by atoms with Crippen LogP contribution in [0.4, 0.5) is 5.82 Å². The molecule has 9 heteroatoms. The molecular formula is C9H16N4O4S. The quantitative estimate of drug-likeness (QED) is 0.696. The first-order valence-electron chi connectivity index (χ1n) is 5.14. The van der Waals surface area contributed by atoms with Gasteiger partial charge >= 0.3 is 0 Å². The molecule has 1 aromatic heterocycles. The maximum atomic E-state index is 11.5. The van der Waals surface area contributed by atoms with E-state index in [9.17, 15) is 13.2 Å². The molecule has 0 aliphatic carbocycles. The van der Waals surface area contributed by atoms with Gasteiger partial charge in [0.1, 0.15) is 0 Å². The Balaban J connectivity index is 2.71. The Morgan fingerprint density at radius 1 is 1.50 bits per heavy atom. The van der Waals surface area contributed by atoms with Gasteiger partial charge in [-0.3, -0.25) is 4.79 Å². The van der Waals surface area contributed by atoms with E-state index in [1.165, 1.54) is 27.5 Å². The smallest absolute Gasteiger partial charge is 0.295 e. The molecular weight excluding hydrogens is 260 g/mol. The number of hydrogen-bond donors (Lipinski definition) is 2. The van der Waals surface area contributed by atoms with E-state index in [0.717, 1.165) is 4.31 Å². The van der Waals surface area contributed by atoms with E-state index in [-0.39, 0.29) is 23.9 Å². The van der Waals surface area contributed by atoms with Crippen LogP contribution in [0.25, 0.3) is 0 Å². The topological polar surface area (TPSA) is 104 Å². The number of nitrogens with zero attached hydrogens (tertiary/aromatic N) is 2. The van der Waals surface area contributed by atoms with Gasteiger partial charge in [-0.2, -0.15) is 0 Å². The molecule has 1 rings (SSSR count). The molecule has 102 valence electrons. The minimum atomic E-state index is -3.28.